The zero-order valence-electron chi connectivity index (χ0n) is 10.5. The van der Waals surface area contributed by atoms with E-state index in [-0.39, 0.29) is 5.78 Å². The number of Topliss-reactive ketones (excluding diaryl/α,β-unsaturated/α-hetero) is 1. The van der Waals surface area contributed by atoms with Crippen molar-refractivity contribution in [3.05, 3.63) is 5.21 Å². The van der Waals surface area contributed by atoms with E-state index in [4.69, 9.17) is 0 Å². The van der Waals surface area contributed by atoms with Crippen LogP contribution in [0.3, 0.4) is 0 Å². The summed E-state index contributed by atoms with van der Waals surface area (Å²) in [6, 6.07) is -0.558. The van der Waals surface area contributed by atoms with Crippen molar-refractivity contribution in [1.29, 1.82) is 0 Å². The molecule has 94 valence electrons. The van der Waals surface area contributed by atoms with E-state index < -0.39 is 6.04 Å². The number of nitrogens with zero attached hydrogens (tertiary/aromatic N) is 1. The number of nitrogens with one attached hydrogen (secondary N) is 2. The van der Waals surface area contributed by atoms with E-state index in [1.165, 1.54) is 6.92 Å². The van der Waals surface area contributed by atoms with Gasteiger partial charge in [0, 0.05) is 26.3 Å². The van der Waals surface area contributed by atoms with Gasteiger partial charge in [0.15, 0.2) is 12.0 Å². The van der Waals surface area contributed by atoms with Crippen LogP contribution in [0.15, 0.2) is 0 Å². The van der Waals surface area contributed by atoms with Gasteiger partial charge in [0.1, 0.15) is 0 Å². The lowest BCUT2D eigenvalue weighted by atomic mass is 10.1. The average Bonchev–Trinajstić information content (AvgIpc) is 2.24. The molecule has 0 rings (SSSR count). The fraction of sp³-hybridized carbons (Fsp3) is 0.818. The van der Waals surface area contributed by atoms with Gasteiger partial charge in [0.05, 0.1) is 0 Å². The number of hydroxylamine groups is 1. The van der Waals surface area contributed by atoms with Gasteiger partial charge in [-0.1, -0.05) is 13.3 Å². The molecule has 0 aromatic carbocycles. The molecular weight excluding hydrogens is 206 g/mol. The molecule has 0 fully saturated rings. The molecule has 1 atom stereocenters. The molecule has 1 unspecified atom stereocenters. The molecule has 5 nitrogen and oxygen atoms in total. The fourth-order valence-corrected chi connectivity index (χ4v) is 1.39. The second-order valence-electron chi connectivity index (χ2n) is 3.78. The molecule has 0 spiro atoms. The number of hydrogen-bond donors (Lipinski definition) is 2. The first-order valence-electron chi connectivity index (χ1n) is 5.82. The van der Waals surface area contributed by atoms with Crippen LogP contribution >= 0.6 is 0 Å². The lowest BCUT2D eigenvalue weighted by Gasteiger charge is -2.14. The molecule has 0 heterocycles. The van der Waals surface area contributed by atoms with Crippen LogP contribution in [-0.4, -0.2) is 36.4 Å². The Hall–Kier alpha value is -0.940. The Morgan fingerprint density at radius 3 is 2.75 bits per heavy atom. The minimum atomic E-state index is -0.558. The highest BCUT2D eigenvalue weighted by atomic mass is 16.5. The second kappa shape index (κ2) is 9.30. The Bertz CT molecular complexity index is 229. The lowest BCUT2D eigenvalue weighted by molar-refractivity contribution is -0.483. The van der Waals surface area contributed by atoms with Crippen LogP contribution in [0.4, 0.5) is 0 Å². The van der Waals surface area contributed by atoms with Crippen molar-refractivity contribution in [2.75, 3.05) is 13.6 Å². The number of unbranched alkanes of at least 4 members (excludes halogenated alkanes) is 2. The summed E-state index contributed by atoms with van der Waals surface area (Å²) in [6.45, 7) is 4.13. The Kier molecular flexibility index (Phi) is 8.75. The molecule has 5 heteroatoms. The van der Waals surface area contributed by atoms with Crippen LogP contribution in [0, 0.1) is 5.21 Å². The van der Waals surface area contributed by atoms with Gasteiger partial charge in [-0.3, -0.25) is 15.6 Å². The molecule has 0 aromatic heterocycles. The normalized spacial score (nSPS) is 13.8. The molecule has 0 saturated carbocycles. The number of carbonyl (C=O) groups is 1. The van der Waals surface area contributed by atoms with E-state index in [1.54, 1.807) is 13.3 Å². The van der Waals surface area contributed by atoms with Gasteiger partial charge in [-0.15, -0.1) is 0 Å². The average molecular weight is 229 g/mol. The summed E-state index contributed by atoms with van der Waals surface area (Å²) in [4.78, 5) is 11.3. The second-order valence-corrected chi connectivity index (χ2v) is 3.78. The smallest absolute Gasteiger partial charge is 0.221 e. The topological polar surface area (TPSA) is 67.2 Å². The minimum absolute atomic E-state index is 0.0827. The summed E-state index contributed by atoms with van der Waals surface area (Å²) >= 11 is 0. The molecule has 0 radical (unpaired) electrons. The van der Waals surface area contributed by atoms with E-state index in [1.807, 2.05) is 0 Å². The van der Waals surface area contributed by atoms with Crippen molar-refractivity contribution < 1.29 is 9.53 Å². The van der Waals surface area contributed by atoms with Crippen molar-refractivity contribution >= 4 is 12.0 Å². The fourth-order valence-electron chi connectivity index (χ4n) is 1.39. The van der Waals surface area contributed by atoms with Gasteiger partial charge in [-0.25, -0.2) is 4.74 Å². The first-order chi connectivity index (χ1) is 7.63. The summed E-state index contributed by atoms with van der Waals surface area (Å²) < 4.78 is 0.801. The molecule has 0 saturated heterocycles. The summed E-state index contributed by atoms with van der Waals surface area (Å²) in [5.74, 6) is -0.0827. The van der Waals surface area contributed by atoms with E-state index in [9.17, 15) is 10.0 Å². The van der Waals surface area contributed by atoms with Gasteiger partial charge < -0.3 is 5.21 Å². The molecule has 0 bridgehead atoms. The highest BCUT2D eigenvalue weighted by molar-refractivity contribution is 5.80. The highest BCUT2D eigenvalue weighted by Crippen LogP contribution is 1.99. The third-order valence-corrected chi connectivity index (χ3v) is 2.36. The van der Waals surface area contributed by atoms with Crippen molar-refractivity contribution in [2.45, 2.75) is 45.6 Å². The summed E-state index contributed by atoms with van der Waals surface area (Å²) in [5, 5.41) is 11.6. The molecule has 0 aliphatic heterocycles. The molecule has 0 amide bonds. The number of ketones is 1. The van der Waals surface area contributed by atoms with Crippen LogP contribution in [0.25, 0.3) is 0 Å². The quantitative estimate of drug-likeness (QED) is 0.202. The van der Waals surface area contributed by atoms with E-state index in [2.05, 4.69) is 17.8 Å². The zero-order valence-corrected chi connectivity index (χ0v) is 10.5. The number of hydrazine groups is 1. The number of hydrogen-bond acceptors (Lipinski definition) is 4. The van der Waals surface area contributed by atoms with Crippen LogP contribution in [0.2, 0.25) is 0 Å². The first-order valence-corrected chi connectivity index (χ1v) is 5.82. The Balaban J connectivity index is 4.17. The molecule has 2 N–H and O–H groups in total. The van der Waals surface area contributed by atoms with Crippen molar-refractivity contribution in [3.8, 4) is 0 Å². The maximum atomic E-state index is 11.6. The van der Waals surface area contributed by atoms with Gasteiger partial charge >= 0.3 is 0 Å². The monoisotopic (exact) mass is 229 g/mol. The molecule has 0 aliphatic rings. The predicted molar refractivity (Wildman–Crippen MR) is 65.4 cm³/mol. The third-order valence-electron chi connectivity index (χ3n) is 2.36. The Morgan fingerprint density at radius 2 is 2.25 bits per heavy atom. The molecule has 0 aliphatic carbocycles. The lowest BCUT2D eigenvalue weighted by Crippen LogP contribution is -2.36. The van der Waals surface area contributed by atoms with Crippen molar-refractivity contribution in [2.24, 2.45) is 0 Å². The zero-order chi connectivity index (χ0) is 12.4. The van der Waals surface area contributed by atoms with Gasteiger partial charge in [-0.05, 0) is 13.5 Å². The summed E-state index contributed by atoms with van der Waals surface area (Å²) in [5.41, 5.74) is 5.64. The molecule has 16 heavy (non-hydrogen) atoms. The predicted octanol–water partition coefficient (Wildman–Crippen LogP) is 0.829. The van der Waals surface area contributed by atoms with E-state index in [0.29, 0.717) is 13.0 Å². The number of rotatable bonds is 9. The highest BCUT2D eigenvalue weighted by Gasteiger charge is 2.20. The summed E-state index contributed by atoms with van der Waals surface area (Å²) in [6.07, 6.45) is 4.87. The third kappa shape index (κ3) is 6.53. The van der Waals surface area contributed by atoms with Crippen molar-refractivity contribution in [1.82, 2.24) is 10.9 Å². The van der Waals surface area contributed by atoms with Gasteiger partial charge in [0.25, 0.3) is 0 Å². The van der Waals surface area contributed by atoms with Gasteiger partial charge in [0.2, 0.25) is 6.04 Å². The Morgan fingerprint density at radius 1 is 1.56 bits per heavy atom. The maximum Gasteiger partial charge on any atom is 0.221 e. The standard InChI is InChI=1S/C11H23N3O2/c1-4-5-6-9-14(16)11(10(2)15)7-8-13-12-3/h9,11-13H,4-8H2,1-3H3/b14-9-. The first kappa shape index (κ1) is 15.1. The van der Waals surface area contributed by atoms with E-state index >= 15 is 0 Å². The summed E-state index contributed by atoms with van der Waals surface area (Å²) in [7, 11) is 1.76. The van der Waals surface area contributed by atoms with E-state index in [0.717, 1.165) is 24.0 Å². The van der Waals surface area contributed by atoms with Crippen LogP contribution in [-0.2, 0) is 4.79 Å². The van der Waals surface area contributed by atoms with Crippen LogP contribution in [0.5, 0.6) is 0 Å². The Labute approximate surface area is 97.5 Å². The van der Waals surface area contributed by atoms with Crippen LogP contribution in [0.1, 0.15) is 39.5 Å². The largest absolute Gasteiger partial charge is 0.623 e. The molecule has 0 aromatic rings. The maximum absolute atomic E-state index is 11.6. The SMILES string of the molecule is CCCC/C=[N+](\[O-])C(CCNNC)C(C)=O. The van der Waals surface area contributed by atoms with Crippen LogP contribution < -0.4 is 10.9 Å². The van der Waals surface area contributed by atoms with Crippen molar-refractivity contribution in [3.63, 3.8) is 0 Å². The minimum Gasteiger partial charge on any atom is -0.623 e. The molecular formula is C11H23N3O2. The van der Waals surface area contributed by atoms with Gasteiger partial charge in [-0.2, -0.15) is 0 Å². The number of carbonyl (C=O) groups excluding carboxylic acids is 1.